The van der Waals surface area contributed by atoms with E-state index in [2.05, 4.69) is 51.8 Å². The normalized spacial score (nSPS) is 27.1. The Morgan fingerprint density at radius 2 is 1.84 bits per heavy atom. The van der Waals surface area contributed by atoms with Crippen molar-refractivity contribution in [3.63, 3.8) is 0 Å². The second-order valence-electron chi connectivity index (χ2n) is 6.52. The van der Waals surface area contributed by atoms with Gasteiger partial charge < -0.3 is 4.90 Å². The first-order chi connectivity index (χ1) is 8.92. The van der Waals surface area contributed by atoms with Crippen LogP contribution in [0.5, 0.6) is 0 Å². The summed E-state index contributed by atoms with van der Waals surface area (Å²) in [5, 5.41) is 3.56. The van der Waals surface area contributed by atoms with Gasteiger partial charge in [0.05, 0.1) is 12.2 Å². The fourth-order valence-electron chi connectivity index (χ4n) is 2.95. The van der Waals surface area contributed by atoms with Crippen molar-refractivity contribution in [3.05, 3.63) is 0 Å². The highest BCUT2D eigenvalue weighted by Gasteiger charge is 2.41. The lowest BCUT2D eigenvalue weighted by atomic mass is 9.98. The fourth-order valence-corrected chi connectivity index (χ4v) is 2.95. The van der Waals surface area contributed by atoms with E-state index >= 15 is 0 Å². The van der Waals surface area contributed by atoms with Crippen molar-refractivity contribution in [3.8, 4) is 0 Å². The molecule has 0 spiro atoms. The molecule has 0 aliphatic carbocycles. The number of hydrogen-bond acceptors (Lipinski definition) is 2. The van der Waals surface area contributed by atoms with E-state index in [1.54, 1.807) is 0 Å². The predicted molar refractivity (Wildman–Crippen MR) is 80.8 cm³/mol. The van der Waals surface area contributed by atoms with Gasteiger partial charge in [0, 0.05) is 6.04 Å². The molecule has 1 heterocycles. The molecule has 3 heteroatoms. The molecule has 0 bridgehead atoms. The third-order valence-corrected chi connectivity index (χ3v) is 4.46. The molecule has 3 nitrogen and oxygen atoms in total. The summed E-state index contributed by atoms with van der Waals surface area (Å²) >= 11 is 0. The molecule has 1 N–H and O–H groups in total. The van der Waals surface area contributed by atoms with Crippen molar-refractivity contribution in [1.82, 2.24) is 10.2 Å². The molecule has 1 saturated heterocycles. The van der Waals surface area contributed by atoms with Gasteiger partial charge >= 0.3 is 0 Å². The summed E-state index contributed by atoms with van der Waals surface area (Å²) in [6.45, 7) is 13.2. The number of carbonyl (C=O) groups is 1. The fraction of sp³-hybridized carbons (Fsp3) is 0.938. The minimum Gasteiger partial charge on any atom is -0.323 e. The molecule has 0 aromatic heterocycles. The second-order valence-corrected chi connectivity index (χ2v) is 6.52. The van der Waals surface area contributed by atoms with Crippen LogP contribution in [0.2, 0.25) is 0 Å². The van der Waals surface area contributed by atoms with Crippen molar-refractivity contribution < 1.29 is 4.79 Å². The lowest BCUT2D eigenvalue weighted by Gasteiger charge is -2.33. The molecule has 0 aromatic carbocycles. The van der Waals surface area contributed by atoms with Crippen LogP contribution in [0, 0.1) is 11.8 Å². The van der Waals surface area contributed by atoms with E-state index in [4.69, 9.17) is 0 Å². The summed E-state index contributed by atoms with van der Waals surface area (Å²) in [6.07, 6.45) is 4.48. The van der Waals surface area contributed by atoms with Crippen molar-refractivity contribution in [1.29, 1.82) is 0 Å². The van der Waals surface area contributed by atoms with E-state index < -0.39 is 0 Å². The van der Waals surface area contributed by atoms with Gasteiger partial charge in [0.2, 0.25) is 5.91 Å². The zero-order chi connectivity index (χ0) is 14.6. The third kappa shape index (κ3) is 3.95. The molecule has 0 aromatic rings. The van der Waals surface area contributed by atoms with Gasteiger partial charge in [0.1, 0.15) is 0 Å². The monoisotopic (exact) mass is 268 g/mol. The molecule has 1 amide bonds. The van der Waals surface area contributed by atoms with Gasteiger partial charge in [0.15, 0.2) is 0 Å². The highest BCUT2D eigenvalue weighted by atomic mass is 16.2. The van der Waals surface area contributed by atoms with E-state index in [0.29, 0.717) is 23.8 Å². The molecular formula is C16H32N2O. The van der Waals surface area contributed by atoms with Crippen LogP contribution < -0.4 is 5.32 Å². The molecule has 1 fully saturated rings. The summed E-state index contributed by atoms with van der Waals surface area (Å²) in [7, 11) is 0. The lowest BCUT2D eigenvalue weighted by Crippen LogP contribution is -2.46. The van der Waals surface area contributed by atoms with Crippen molar-refractivity contribution in [2.45, 2.75) is 85.5 Å². The first kappa shape index (κ1) is 16.5. The number of amides is 1. The highest BCUT2D eigenvalue weighted by molar-refractivity contribution is 5.84. The number of rotatable bonds is 7. The molecule has 0 radical (unpaired) electrons. The van der Waals surface area contributed by atoms with E-state index in [-0.39, 0.29) is 12.2 Å². The first-order valence-electron chi connectivity index (χ1n) is 8.00. The van der Waals surface area contributed by atoms with Crippen LogP contribution in [0.1, 0.15) is 67.2 Å². The molecule has 4 atom stereocenters. The summed E-state index contributed by atoms with van der Waals surface area (Å²) in [5.74, 6) is 1.44. The molecule has 19 heavy (non-hydrogen) atoms. The van der Waals surface area contributed by atoms with Crippen LogP contribution in [0.15, 0.2) is 0 Å². The number of nitrogens with zero attached hydrogens (tertiary/aromatic N) is 1. The van der Waals surface area contributed by atoms with Gasteiger partial charge in [-0.05, 0) is 31.6 Å². The van der Waals surface area contributed by atoms with E-state index in [1.165, 1.54) is 0 Å². The van der Waals surface area contributed by atoms with Crippen molar-refractivity contribution >= 4 is 5.91 Å². The Labute approximate surface area is 119 Å². The van der Waals surface area contributed by atoms with Crippen LogP contribution >= 0.6 is 0 Å². The van der Waals surface area contributed by atoms with Gasteiger partial charge in [-0.25, -0.2) is 0 Å². The van der Waals surface area contributed by atoms with Crippen LogP contribution in [0.25, 0.3) is 0 Å². The maximum Gasteiger partial charge on any atom is 0.241 e. The van der Waals surface area contributed by atoms with Gasteiger partial charge in [-0.15, -0.1) is 0 Å². The molecule has 112 valence electrons. The molecule has 1 aliphatic heterocycles. The smallest absolute Gasteiger partial charge is 0.241 e. The number of carbonyl (C=O) groups excluding carboxylic acids is 1. The van der Waals surface area contributed by atoms with Gasteiger partial charge in [0.25, 0.3) is 0 Å². The summed E-state index contributed by atoms with van der Waals surface area (Å²) < 4.78 is 0. The van der Waals surface area contributed by atoms with Gasteiger partial charge in [-0.3, -0.25) is 10.1 Å². The Kier molecular flexibility index (Phi) is 6.31. The highest BCUT2D eigenvalue weighted by Crippen LogP contribution is 2.26. The van der Waals surface area contributed by atoms with Gasteiger partial charge in [-0.1, -0.05) is 47.5 Å². The second kappa shape index (κ2) is 7.28. The Morgan fingerprint density at radius 3 is 2.32 bits per heavy atom. The van der Waals surface area contributed by atoms with Crippen LogP contribution in [0.3, 0.4) is 0 Å². The Morgan fingerprint density at radius 1 is 1.21 bits per heavy atom. The van der Waals surface area contributed by atoms with E-state index in [1.807, 2.05) is 0 Å². The third-order valence-electron chi connectivity index (χ3n) is 4.46. The topological polar surface area (TPSA) is 32.3 Å². The Hall–Kier alpha value is -0.570. The van der Waals surface area contributed by atoms with Crippen LogP contribution in [-0.4, -0.2) is 29.1 Å². The Bertz CT molecular complexity index is 290. The van der Waals surface area contributed by atoms with Crippen LogP contribution in [-0.2, 0) is 4.79 Å². The predicted octanol–water partition coefficient (Wildman–Crippen LogP) is 3.39. The first-order valence-corrected chi connectivity index (χ1v) is 8.00. The van der Waals surface area contributed by atoms with Crippen molar-refractivity contribution in [2.75, 3.05) is 0 Å². The molecule has 1 aliphatic rings. The lowest BCUT2D eigenvalue weighted by molar-refractivity contribution is -0.133. The Balaban J connectivity index is 2.82. The average Bonchev–Trinajstić information content (AvgIpc) is 2.64. The number of nitrogens with one attached hydrogen (secondary N) is 1. The average molecular weight is 268 g/mol. The summed E-state index contributed by atoms with van der Waals surface area (Å²) in [4.78, 5) is 14.8. The quantitative estimate of drug-likeness (QED) is 0.767. The largest absolute Gasteiger partial charge is 0.323 e. The maximum atomic E-state index is 12.7. The molecular weight excluding hydrogens is 236 g/mol. The minimum absolute atomic E-state index is 0.0306. The molecule has 1 rings (SSSR count). The zero-order valence-corrected chi connectivity index (χ0v) is 13.6. The van der Waals surface area contributed by atoms with Crippen LogP contribution in [0.4, 0.5) is 0 Å². The standard InChI is InChI=1S/C16H32N2O/c1-7-9-15-17-14(10-11(3)4)16(19)18(15)13(6)12(5)8-2/h11-15,17H,7-10H2,1-6H3. The summed E-state index contributed by atoms with van der Waals surface area (Å²) in [6, 6.07) is 0.363. The maximum absolute atomic E-state index is 12.7. The van der Waals surface area contributed by atoms with E-state index in [9.17, 15) is 4.79 Å². The summed E-state index contributed by atoms with van der Waals surface area (Å²) in [5.41, 5.74) is 0. The zero-order valence-electron chi connectivity index (χ0n) is 13.6. The van der Waals surface area contributed by atoms with Gasteiger partial charge in [-0.2, -0.15) is 0 Å². The SMILES string of the molecule is CCCC1NC(CC(C)C)C(=O)N1C(C)C(C)CC. The molecule has 4 unspecified atom stereocenters. The number of hydrogen-bond donors (Lipinski definition) is 1. The van der Waals surface area contributed by atoms with Crippen molar-refractivity contribution in [2.24, 2.45) is 11.8 Å². The minimum atomic E-state index is 0.0306. The van der Waals surface area contributed by atoms with E-state index in [0.717, 1.165) is 25.7 Å². The molecule has 0 saturated carbocycles.